The Hall–Kier alpha value is -4.37. The number of carbonyl (C=O) groups is 2. The zero-order valence-electron chi connectivity index (χ0n) is 25.3. The Bertz CT molecular complexity index is 1830. The number of piperazine rings is 1. The molecule has 3 heterocycles. The van der Waals surface area contributed by atoms with Gasteiger partial charge < -0.3 is 15.4 Å². The molecule has 0 radical (unpaired) electrons. The summed E-state index contributed by atoms with van der Waals surface area (Å²) in [5.41, 5.74) is 5.01. The minimum Gasteiger partial charge on any atom is -0.453 e. The summed E-state index contributed by atoms with van der Waals surface area (Å²) in [6.07, 6.45) is 2.18. The first-order chi connectivity index (χ1) is 21.5. The van der Waals surface area contributed by atoms with E-state index in [1.165, 1.54) is 52.6 Å². The van der Waals surface area contributed by atoms with Crippen LogP contribution in [0.15, 0.2) is 60.8 Å². The van der Waals surface area contributed by atoms with Crippen molar-refractivity contribution in [2.45, 2.75) is 32.2 Å². The highest BCUT2D eigenvalue weighted by Crippen LogP contribution is 2.49. The molecule has 1 saturated carbocycles. The van der Waals surface area contributed by atoms with Crippen LogP contribution in [0.1, 0.15) is 31.6 Å². The van der Waals surface area contributed by atoms with Crippen LogP contribution in [-0.4, -0.2) is 65.4 Å². The number of pyridine rings is 1. The number of fused-ring (bicyclic) bond motifs is 1. The van der Waals surface area contributed by atoms with E-state index in [0.29, 0.717) is 24.1 Å². The number of anilines is 2. The number of halogens is 2. The SMILES string of the molecule is CN1CCN(C(C)(C)C#Cc2cc3nccc(Oc4ccc(N(C(=O)C5(C(N)=O)CC5)c5ccc(F)cc5)cc4F)c3s2)CC1. The summed E-state index contributed by atoms with van der Waals surface area (Å²) in [6.45, 7) is 8.17. The molecule has 45 heavy (non-hydrogen) atoms. The van der Waals surface area contributed by atoms with Crippen molar-refractivity contribution >= 4 is 44.7 Å². The predicted octanol–water partition coefficient (Wildman–Crippen LogP) is 5.67. The van der Waals surface area contributed by atoms with Gasteiger partial charge in [0.2, 0.25) is 11.8 Å². The smallest absolute Gasteiger partial charge is 0.247 e. The lowest BCUT2D eigenvalue weighted by Crippen LogP contribution is -2.53. The second-order valence-corrected chi connectivity index (χ2v) is 13.1. The van der Waals surface area contributed by atoms with Crippen LogP contribution in [0.4, 0.5) is 20.2 Å². The second-order valence-electron chi connectivity index (χ2n) is 12.0. The molecule has 8 nitrogen and oxygen atoms in total. The molecule has 0 unspecified atom stereocenters. The van der Waals surface area contributed by atoms with Gasteiger partial charge in [0.1, 0.15) is 17.0 Å². The molecule has 0 bridgehead atoms. The number of primary amides is 1. The van der Waals surface area contributed by atoms with Crippen LogP contribution in [0.3, 0.4) is 0 Å². The molecule has 1 saturated heterocycles. The summed E-state index contributed by atoms with van der Waals surface area (Å²) >= 11 is 1.42. The highest BCUT2D eigenvalue weighted by atomic mass is 32.1. The molecule has 2 aromatic carbocycles. The topological polar surface area (TPSA) is 92.0 Å². The van der Waals surface area contributed by atoms with E-state index < -0.39 is 28.9 Å². The standard InChI is InChI=1S/C34H33F2N5O3S/c1-33(2,40-18-16-39(3)17-19-40)12-10-25-21-27-30(45-25)29(11-15-38-27)44-28-9-8-24(20-26(28)36)41(23-6-4-22(35)5-7-23)32(43)34(13-14-34)31(37)42/h4-9,11,15,20-21H,13-14,16-19H2,1-3H3,(H2,37,42). The predicted molar refractivity (Wildman–Crippen MR) is 171 cm³/mol. The summed E-state index contributed by atoms with van der Waals surface area (Å²) < 4.78 is 36.0. The van der Waals surface area contributed by atoms with Crippen molar-refractivity contribution in [3.05, 3.63) is 77.3 Å². The number of amides is 2. The second kappa shape index (κ2) is 11.9. The molecule has 1 aliphatic carbocycles. The van der Waals surface area contributed by atoms with E-state index >= 15 is 4.39 Å². The normalized spacial score (nSPS) is 16.6. The first kappa shape index (κ1) is 30.6. The van der Waals surface area contributed by atoms with Gasteiger partial charge in [-0.25, -0.2) is 8.78 Å². The highest BCUT2D eigenvalue weighted by molar-refractivity contribution is 7.19. The Labute approximate surface area is 264 Å². The Kier molecular flexibility index (Phi) is 8.07. The zero-order valence-corrected chi connectivity index (χ0v) is 26.1. The van der Waals surface area contributed by atoms with E-state index in [0.717, 1.165) is 41.8 Å². The van der Waals surface area contributed by atoms with Gasteiger partial charge in [-0.3, -0.25) is 24.4 Å². The molecular weight excluding hydrogens is 596 g/mol. The number of thiophene rings is 1. The maximum atomic E-state index is 15.6. The quantitative estimate of drug-likeness (QED) is 0.209. The number of aromatic nitrogens is 1. The van der Waals surface area contributed by atoms with Crippen LogP contribution in [-0.2, 0) is 9.59 Å². The minimum atomic E-state index is -1.37. The van der Waals surface area contributed by atoms with Crippen LogP contribution >= 0.6 is 11.3 Å². The molecule has 2 N–H and O–H groups in total. The average molecular weight is 630 g/mol. The van der Waals surface area contributed by atoms with Crippen molar-refractivity contribution in [1.82, 2.24) is 14.8 Å². The van der Waals surface area contributed by atoms with Gasteiger partial charge in [0.15, 0.2) is 11.6 Å². The van der Waals surface area contributed by atoms with E-state index in [1.807, 2.05) is 6.07 Å². The Morgan fingerprint density at radius 2 is 1.69 bits per heavy atom. The largest absolute Gasteiger partial charge is 0.453 e. The molecule has 6 rings (SSSR count). The van der Waals surface area contributed by atoms with Crippen molar-refractivity contribution in [3.8, 4) is 23.3 Å². The number of nitrogens with zero attached hydrogens (tertiary/aromatic N) is 4. The van der Waals surface area contributed by atoms with Crippen molar-refractivity contribution in [1.29, 1.82) is 0 Å². The number of ether oxygens (including phenoxy) is 1. The van der Waals surface area contributed by atoms with Gasteiger partial charge >= 0.3 is 0 Å². The van der Waals surface area contributed by atoms with Gasteiger partial charge in [0, 0.05) is 50.2 Å². The Morgan fingerprint density at radius 3 is 2.33 bits per heavy atom. The molecule has 2 aliphatic rings. The van der Waals surface area contributed by atoms with Gasteiger partial charge in [-0.1, -0.05) is 11.8 Å². The molecule has 0 spiro atoms. The first-order valence-corrected chi connectivity index (χ1v) is 15.5. The molecule has 2 amide bonds. The third-order valence-electron chi connectivity index (χ3n) is 8.47. The van der Waals surface area contributed by atoms with E-state index in [1.54, 1.807) is 12.3 Å². The third kappa shape index (κ3) is 6.14. The lowest BCUT2D eigenvalue weighted by Gasteiger charge is -2.40. The number of hydrogen-bond donors (Lipinski definition) is 1. The van der Waals surface area contributed by atoms with Crippen LogP contribution < -0.4 is 15.4 Å². The molecule has 232 valence electrons. The van der Waals surface area contributed by atoms with Crippen LogP contribution in [0.5, 0.6) is 11.5 Å². The van der Waals surface area contributed by atoms with E-state index in [-0.39, 0.29) is 22.7 Å². The van der Waals surface area contributed by atoms with Crippen LogP contribution in [0.25, 0.3) is 10.2 Å². The molecule has 2 aromatic heterocycles. The fraction of sp³-hybridized carbons (Fsp3) is 0.324. The van der Waals surface area contributed by atoms with Crippen LogP contribution in [0, 0.1) is 28.9 Å². The van der Waals surface area contributed by atoms with E-state index in [4.69, 9.17) is 10.5 Å². The van der Waals surface area contributed by atoms with Crippen molar-refractivity contribution in [2.24, 2.45) is 11.1 Å². The molecule has 2 fully saturated rings. The Morgan fingerprint density at radius 1 is 1.00 bits per heavy atom. The van der Waals surface area contributed by atoms with Crippen LogP contribution in [0.2, 0.25) is 0 Å². The maximum Gasteiger partial charge on any atom is 0.247 e. The number of benzene rings is 2. The van der Waals surface area contributed by atoms with Crippen molar-refractivity contribution in [3.63, 3.8) is 0 Å². The fourth-order valence-corrected chi connectivity index (χ4v) is 6.34. The monoisotopic (exact) mass is 629 g/mol. The summed E-state index contributed by atoms with van der Waals surface area (Å²) in [5.74, 6) is 4.52. The molecule has 1 aliphatic heterocycles. The summed E-state index contributed by atoms with van der Waals surface area (Å²) in [4.78, 5) is 36.9. The molecule has 4 aromatic rings. The highest BCUT2D eigenvalue weighted by Gasteiger charge is 2.57. The maximum absolute atomic E-state index is 15.6. The number of rotatable bonds is 7. The summed E-state index contributed by atoms with van der Waals surface area (Å²) in [7, 11) is 2.12. The van der Waals surface area contributed by atoms with E-state index in [9.17, 15) is 14.0 Å². The van der Waals surface area contributed by atoms with Gasteiger partial charge in [-0.2, -0.15) is 0 Å². The first-order valence-electron chi connectivity index (χ1n) is 14.7. The number of hydrogen-bond acceptors (Lipinski definition) is 7. The lowest BCUT2D eigenvalue weighted by atomic mass is 10.0. The molecule has 11 heteroatoms. The molecular formula is C34H33F2N5O3S. The van der Waals surface area contributed by atoms with Gasteiger partial charge in [0.05, 0.1) is 26.3 Å². The van der Waals surface area contributed by atoms with E-state index in [2.05, 4.69) is 47.5 Å². The third-order valence-corrected chi connectivity index (χ3v) is 9.53. The average Bonchev–Trinajstić information content (AvgIpc) is 3.72. The van der Waals surface area contributed by atoms with Gasteiger partial charge in [-0.15, -0.1) is 11.3 Å². The van der Waals surface area contributed by atoms with Gasteiger partial charge in [-0.05, 0) is 76.2 Å². The van der Waals surface area contributed by atoms with Gasteiger partial charge in [0.25, 0.3) is 0 Å². The Balaban J connectivity index is 1.27. The number of likely N-dealkylation sites (N-methyl/N-ethyl adjacent to an activating group) is 1. The lowest BCUT2D eigenvalue weighted by molar-refractivity contribution is -0.133. The number of nitrogens with two attached hydrogens (primary N) is 1. The van der Waals surface area contributed by atoms with Crippen molar-refractivity contribution in [2.75, 3.05) is 38.1 Å². The summed E-state index contributed by atoms with van der Waals surface area (Å²) in [5, 5.41) is 0. The minimum absolute atomic E-state index is 0.0639. The molecule has 0 atom stereocenters. The summed E-state index contributed by atoms with van der Waals surface area (Å²) in [6, 6.07) is 12.8. The fourth-order valence-electron chi connectivity index (χ4n) is 5.42. The van der Waals surface area contributed by atoms with Crippen molar-refractivity contribution < 1.29 is 23.1 Å². The number of carbonyl (C=O) groups excluding carboxylic acids is 2. The zero-order chi connectivity index (χ0) is 31.9.